The largest absolute Gasteiger partial charge is 0.439 e. The number of nitrogens with zero attached hydrogens (tertiary/aromatic N) is 2. The highest BCUT2D eigenvalue weighted by Gasteiger charge is 2.04. The Balaban J connectivity index is 2.14. The van der Waals surface area contributed by atoms with E-state index in [1.54, 1.807) is 6.07 Å². The molecule has 0 radical (unpaired) electrons. The lowest BCUT2D eigenvalue weighted by molar-refractivity contribution is 0.299. The van der Waals surface area contributed by atoms with Gasteiger partial charge < -0.3 is 9.84 Å². The van der Waals surface area contributed by atoms with E-state index in [9.17, 15) is 0 Å². The van der Waals surface area contributed by atoms with Crippen LogP contribution in [-0.4, -0.2) is 21.7 Å². The van der Waals surface area contributed by atoms with Crippen molar-refractivity contribution in [3.05, 3.63) is 46.9 Å². The predicted molar refractivity (Wildman–Crippen MR) is 73.7 cm³/mol. The van der Waals surface area contributed by atoms with E-state index in [1.165, 1.54) is 0 Å². The van der Waals surface area contributed by atoms with Gasteiger partial charge in [-0.15, -0.1) is 0 Å². The summed E-state index contributed by atoms with van der Waals surface area (Å²) in [4.78, 5) is 8.33. The maximum atomic E-state index is 8.85. The molecule has 100 valence electrons. The van der Waals surface area contributed by atoms with E-state index in [0.29, 0.717) is 35.4 Å². The van der Waals surface area contributed by atoms with Crippen LogP contribution in [0.2, 0.25) is 5.15 Å². The molecular formula is C14H15ClN2O2. The van der Waals surface area contributed by atoms with Crippen molar-refractivity contribution in [2.75, 3.05) is 6.61 Å². The second-order valence-electron chi connectivity index (χ2n) is 4.02. The summed E-state index contributed by atoms with van der Waals surface area (Å²) in [6.07, 6.45) is 1.34. The van der Waals surface area contributed by atoms with Crippen LogP contribution in [0.3, 0.4) is 0 Å². The molecule has 4 nitrogen and oxygen atoms in total. The van der Waals surface area contributed by atoms with Gasteiger partial charge in [0.2, 0.25) is 5.88 Å². The summed E-state index contributed by atoms with van der Waals surface area (Å²) in [5.74, 6) is 1.77. The number of aliphatic hydroxyl groups excluding tert-OH is 1. The fourth-order valence-electron chi connectivity index (χ4n) is 1.63. The van der Waals surface area contributed by atoms with Gasteiger partial charge in [0.15, 0.2) is 0 Å². The van der Waals surface area contributed by atoms with Crippen LogP contribution in [0.1, 0.15) is 18.3 Å². The molecule has 0 amide bonds. The number of benzene rings is 1. The molecule has 2 rings (SSSR count). The molecule has 0 unspecified atom stereocenters. The first-order chi connectivity index (χ1) is 9.21. The van der Waals surface area contributed by atoms with Crippen LogP contribution in [0, 0.1) is 0 Å². The third-order valence-corrected chi connectivity index (χ3v) is 2.77. The number of aryl methyl sites for hydroxylation is 1. The van der Waals surface area contributed by atoms with Gasteiger partial charge in [-0.3, -0.25) is 0 Å². The summed E-state index contributed by atoms with van der Waals surface area (Å²) in [6.45, 7) is 2.10. The minimum Gasteiger partial charge on any atom is -0.439 e. The second kappa shape index (κ2) is 6.50. The molecule has 1 aromatic heterocycles. The van der Waals surface area contributed by atoms with Gasteiger partial charge in [0.25, 0.3) is 0 Å². The Morgan fingerprint density at radius 2 is 1.95 bits per heavy atom. The Labute approximate surface area is 117 Å². The fourth-order valence-corrected chi connectivity index (χ4v) is 1.82. The van der Waals surface area contributed by atoms with E-state index >= 15 is 0 Å². The number of aliphatic hydroxyl groups is 1. The molecule has 5 heteroatoms. The third-order valence-electron chi connectivity index (χ3n) is 2.58. The van der Waals surface area contributed by atoms with Crippen molar-refractivity contribution in [3.8, 4) is 11.6 Å². The van der Waals surface area contributed by atoms with Crippen LogP contribution in [-0.2, 0) is 12.8 Å². The summed E-state index contributed by atoms with van der Waals surface area (Å²) in [5, 5.41) is 9.22. The molecule has 0 saturated carbocycles. The maximum Gasteiger partial charge on any atom is 0.224 e. The summed E-state index contributed by atoms with van der Waals surface area (Å²) in [5.41, 5.74) is 1.06. The molecule has 0 bridgehead atoms. The molecule has 0 aliphatic rings. The van der Waals surface area contributed by atoms with Crippen LogP contribution in [0.5, 0.6) is 11.6 Å². The van der Waals surface area contributed by atoms with Crippen molar-refractivity contribution in [2.45, 2.75) is 19.8 Å². The summed E-state index contributed by atoms with van der Waals surface area (Å²) < 4.78 is 5.64. The molecule has 19 heavy (non-hydrogen) atoms. The van der Waals surface area contributed by atoms with Crippen LogP contribution in [0.4, 0.5) is 0 Å². The molecule has 0 aliphatic heterocycles. The first kappa shape index (κ1) is 13.8. The lowest BCUT2D eigenvalue weighted by atomic mass is 10.1. The molecule has 0 aliphatic carbocycles. The zero-order chi connectivity index (χ0) is 13.7. The van der Waals surface area contributed by atoms with Crippen molar-refractivity contribution in [2.24, 2.45) is 0 Å². The molecule has 0 saturated heterocycles. The standard InChI is InChI=1S/C14H15ClN2O2/c1-2-13-16-12(15)9-14(17-13)19-11-5-3-10(4-6-11)7-8-18/h3-6,9,18H,2,7-8H2,1H3. The smallest absolute Gasteiger partial charge is 0.224 e. The predicted octanol–water partition coefficient (Wildman–Crippen LogP) is 3.02. The van der Waals surface area contributed by atoms with Crippen molar-refractivity contribution in [3.63, 3.8) is 0 Å². The van der Waals surface area contributed by atoms with Gasteiger partial charge >= 0.3 is 0 Å². The Bertz CT molecular complexity index is 544. The summed E-state index contributed by atoms with van der Waals surface area (Å²) in [7, 11) is 0. The van der Waals surface area contributed by atoms with Gasteiger partial charge in [-0.25, -0.2) is 4.98 Å². The molecular weight excluding hydrogens is 264 g/mol. The van der Waals surface area contributed by atoms with Crippen LogP contribution < -0.4 is 4.74 Å². The van der Waals surface area contributed by atoms with Gasteiger partial charge in [-0.05, 0) is 24.1 Å². The number of hydrogen-bond donors (Lipinski definition) is 1. The second-order valence-corrected chi connectivity index (χ2v) is 4.41. The highest BCUT2D eigenvalue weighted by molar-refractivity contribution is 6.29. The highest BCUT2D eigenvalue weighted by Crippen LogP contribution is 2.22. The van der Waals surface area contributed by atoms with Crippen LogP contribution >= 0.6 is 11.6 Å². The van der Waals surface area contributed by atoms with E-state index in [0.717, 1.165) is 5.56 Å². The van der Waals surface area contributed by atoms with Crippen molar-refractivity contribution < 1.29 is 9.84 Å². The van der Waals surface area contributed by atoms with E-state index in [1.807, 2.05) is 31.2 Å². The number of ether oxygens (including phenoxy) is 1. The molecule has 0 spiro atoms. The lowest BCUT2D eigenvalue weighted by Gasteiger charge is -2.07. The highest BCUT2D eigenvalue weighted by atomic mass is 35.5. The van der Waals surface area contributed by atoms with Crippen molar-refractivity contribution in [1.82, 2.24) is 9.97 Å². The van der Waals surface area contributed by atoms with E-state index in [2.05, 4.69) is 9.97 Å². The number of rotatable bonds is 5. The third kappa shape index (κ3) is 3.91. The molecule has 0 atom stereocenters. The Hall–Kier alpha value is -1.65. The first-order valence-electron chi connectivity index (χ1n) is 6.12. The minimum atomic E-state index is 0.140. The van der Waals surface area contributed by atoms with Crippen LogP contribution in [0.25, 0.3) is 0 Å². The monoisotopic (exact) mass is 278 g/mol. The molecule has 1 N–H and O–H groups in total. The van der Waals surface area contributed by atoms with Gasteiger partial charge in [0, 0.05) is 19.1 Å². The van der Waals surface area contributed by atoms with Crippen molar-refractivity contribution in [1.29, 1.82) is 0 Å². The molecule has 0 fully saturated rings. The lowest BCUT2D eigenvalue weighted by Crippen LogP contribution is -1.96. The van der Waals surface area contributed by atoms with E-state index in [4.69, 9.17) is 21.4 Å². The average molecular weight is 279 g/mol. The topological polar surface area (TPSA) is 55.2 Å². The zero-order valence-electron chi connectivity index (χ0n) is 10.6. The van der Waals surface area contributed by atoms with Gasteiger partial charge in [0.05, 0.1) is 0 Å². The summed E-state index contributed by atoms with van der Waals surface area (Å²) in [6, 6.07) is 9.09. The Morgan fingerprint density at radius 3 is 2.58 bits per heavy atom. The Morgan fingerprint density at radius 1 is 1.21 bits per heavy atom. The van der Waals surface area contributed by atoms with Crippen molar-refractivity contribution >= 4 is 11.6 Å². The normalized spacial score (nSPS) is 10.5. The summed E-state index contributed by atoms with van der Waals surface area (Å²) >= 11 is 5.90. The maximum absolute atomic E-state index is 8.85. The van der Waals surface area contributed by atoms with Gasteiger partial charge in [0.1, 0.15) is 16.7 Å². The number of hydrogen-bond acceptors (Lipinski definition) is 4. The zero-order valence-corrected chi connectivity index (χ0v) is 11.4. The van der Waals surface area contributed by atoms with E-state index < -0.39 is 0 Å². The van der Waals surface area contributed by atoms with Crippen LogP contribution in [0.15, 0.2) is 30.3 Å². The first-order valence-corrected chi connectivity index (χ1v) is 6.50. The molecule has 1 heterocycles. The van der Waals surface area contributed by atoms with Gasteiger partial charge in [-0.2, -0.15) is 4.98 Å². The Kier molecular flexibility index (Phi) is 4.71. The van der Waals surface area contributed by atoms with Gasteiger partial charge in [-0.1, -0.05) is 30.7 Å². The SMILES string of the molecule is CCc1nc(Cl)cc(Oc2ccc(CCO)cc2)n1. The van der Waals surface area contributed by atoms with E-state index in [-0.39, 0.29) is 6.61 Å². The molecule has 1 aromatic carbocycles. The number of halogens is 1. The minimum absolute atomic E-state index is 0.140. The quantitative estimate of drug-likeness (QED) is 0.854. The average Bonchev–Trinajstić information content (AvgIpc) is 2.40. The fraction of sp³-hybridized carbons (Fsp3) is 0.286. The molecule has 2 aromatic rings. The number of aromatic nitrogens is 2.